The molecule has 0 fully saturated rings. The molecule has 3 N–H and O–H groups in total. The van der Waals surface area contributed by atoms with Gasteiger partial charge in [0.2, 0.25) is 0 Å². The molecular weight excluding hydrogens is 340 g/mol. The average molecular weight is 356 g/mol. The molecule has 27 heavy (non-hydrogen) atoms. The molecule has 0 spiro atoms. The summed E-state index contributed by atoms with van der Waals surface area (Å²) >= 11 is 0. The van der Waals surface area contributed by atoms with Crippen molar-refractivity contribution in [1.82, 2.24) is 25.1 Å². The van der Waals surface area contributed by atoms with Crippen molar-refractivity contribution in [2.75, 3.05) is 12.4 Å². The van der Waals surface area contributed by atoms with Gasteiger partial charge in [-0.25, -0.2) is 9.97 Å². The first-order chi connectivity index (χ1) is 13.3. The normalized spacial score (nSPS) is 11.1. The van der Waals surface area contributed by atoms with E-state index in [2.05, 4.69) is 20.5 Å². The summed E-state index contributed by atoms with van der Waals surface area (Å²) in [5.74, 6) is 2.09. The van der Waals surface area contributed by atoms with E-state index in [-0.39, 0.29) is 0 Å². The third-order valence-corrected chi connectivity index (χ3v) is 4.44. The summed E-state index contributed by atoms with van der Waals surface area (Å²) in [6.07, 6.45) is 3.49. The van der Waals surface area contributed by atoms with Gasteiger partial charge in [-0.15, -0.1) is 0 Å². The lowest BCUT2D eigenvalue weighted by molar-refractivity contribution is 0.415. The van der Waals surface area contributed by atoms with Gasteiger partial charge in [0.1, 0.15) is 11.6 Å². The highest BCUT2D eigenvalue weighted by atomic mass is 16.5. The van der Waals surface area contributed by atoms with Gasteiger partial charge in [0.25, 0.3) is 0 Å². The highest BCUT2D eigenvalue weighted by Crippen LogP contribution is 2.30. The first-order valence-corrected chi connectivity index (χ1v) is 8.49. The minimum absolute atomic E-state index is 0.618. The van der Waals surface area contributed by atoms with Gasteiger partial charge < -0.3 is 10.1 Å². The minimum Gasteiger partial charge on any atom is -0.497 e. The first kappa shape index (κ1) is 15.4. The van der Waals surface area contributed by atoms with Crippen molar-refractivity contribution in [3.8, 4) is 17.1 Å². The van der Waals surface area contributed by atoms with E-state index >= 15 is 0 Å². The summed E-state index contributed by atoms with van der Waals surface area (Å²) in [6, 6.07) is 15.6. The Morgan fingerprint density at radius 1 is 0.963 bits per heavy atom. The highest BCUT2D eigenvalue weighted by Gasteiger charge is 2.12. The van der Waals surface area contributed by atoms with Crippen LogP contribution >= 0.6 is 0 Å². The number of anilines is 2. The molecule has 0 saturated carbocycles. The third kappa shape index (κ3) is 2.75. The standard InChI is InChI=1S/C20H16N6O/c1-27-14-5-7-16-15(10-14)20(22-13-4-6-17-18(9-13)26-25-17)24-19(23-16)12-3-2-8-21-11-12/h2-11,25-26H,1H3,(H,22,23,24). The Bertz CT molecular complexity index is 1240. The molecule has 2 aromatic carbocycles. The molecule has 3 aromatic heterocycles. The number of nitrogens with zero attached hydrogens (tertiary/aromatic N) is 3. The maximum Gasteiger partial charge on any atom is 0.163 e. The average Bonchev–Trinajstić information content (AvgIpc) is 2.70. The topological polar surface area (TPSA) is 91.5 Å². The summed E-state index contributed by atoms with van der Waals surface area (Å²) in [5, 5.41) is 10.4. The Labute approximate surface area is 154 Å². The van der Waals surface area contributed by atoms with Crippen molar-refractivity contribution in [3.05, 3.63) is 60.9 Å². The molecule has 0 amide bonds. The van der Waals surface area contributed by atoms with Crippen LogP contribution in [0.5, 0.6) is 5.75 Å². The number of aromatic nitrogens is 5. The van der Waals surface area contributed by atoms with Gasteiger partial charge in [0.05, 0.1) is 23.7 Å². The van der Waals surface area contributed by atoms with E-state index in [0.29, 0.717) is 11.6 Å². The number of methoxy groups -OCH3 is 1. The smallest absolute Gasteiger partial charge is 0.163 e. The molecule has 0 aliphatic heterocycles. The number of H-pyrrole nitrogens is 2. The van der Waals surface area contributed by atoms with E-state index in [9.17, 15) is 0 Å². The molecule has 7 nitrogen and oxygen atoms in total. The van der Waals surface area contributed by atoms with Crippen LogP contribution in [0.3, 0.4) is 0 Å². The zero-order chi connectivity index (χ0) is 18.2. The quantitative estimate of drug-likeness (QED) is 0.448. The highest BCUT2D eigenvalue weighted by molar-refractivity contribution is 5.94. The largest absolute Gasteiger partial charge is 0.497 e. The second kappa shape index (κ2) is 6.14. The number of rotatable bonds is 4. The number of fused-ring (bicyclic) bond motifs is 2. The monoisotopic (exact) mass is 356 g/mol. The Balaban J connectivity index is 1.67. The van der Waals surface area contributed by atoms with Crippen LogP contribution in [0.4, 0.5) is 11.5 Å². The number of aromatic amines is 2. The van der Waals surface area contributed by atoms with Crippen LogP contribution in [-0.4, -0.2) is 32.3 Å². The van der Waals surface area contributed by atoms with Crippen molar-refractivity contribution in [2.45, 2.75) is 0 Å². The first-order valence-electron chi connectivity index (χ1n) is 8.49. The molecule has 0 unspecified atom stereocenters. The third-order valence-electron chi connectivity index (χ3n) is 4.44. The lowest BCUT2D eigenvalue weighted by atomic mass is 10.2. The lowest BCUT2D eigenvalue weighted by Gasteiger charge is -2.13. The fourth-order valence-corrected chi connectivity index (χ4v) is 3.00. The molecule has 0 radical (unpaired) electrons. The van der Waals surface area contributed by atoms with Crippen molar-refractivity contribution >= 4 is 33.4 Å². The van der Waals surface area contributed by atoms with Crippen LogP contribution in [0.2, 0.25) is 0 Å². The maximum atomic E-state index is 5.37. The van der Waals surface area contributed by atoms with E-state index in [1.54, 1.807) is 19.5 Å². The van der Waals surface area contributed by atoms with Crippen LogP contribution in [0.25, 0.3) is 33.3 Å². The minimum atomic E-state index is 0.618. The van der Waals surface area contributed by atoms with E-state index in [4.69, 9.17) is 14.7 Å². The Hall–Kier alpha value is -3.87. The van der Waals surface area contributed by atoms with Gasteiger partial charge in [-0.05, 0) is 48.5 Å². The van der Waals surface area contributed by atoms with Crippen molar-refractivity contribution in [3.63, 3.8) is 0 Å². The van der Waals surface area contributed by atoms with Crippen LogP contribution in [-0.2, 0) is 0 Å². The van der Waals surface area contributed by atoms with Crippen LogP contribution < -0.4 is 10.1 Å². The van der Waals surface area contributed by atoms with Crippen LogP contribution in [0.1, 0.15) is 0 Å². The Kier molecular flexibility index (Phi) is 3.50. The van der Waals surface area contributed by atoms with Crippen molar-refractivity contribution in [2.24, 2.45) is 0 Å². The lowest BCUT2D eigenvalue weighted by Crippen LogP contribution is -2.01. The second-order valence-electron chi connectivity index (χ2n) is 6.16. The van der Waals surface area contributed by atoms with E-state index in [1.807, 2.05) is 48.5 Å². The molecule has 7 heteroatoms. The molecule has 0 saturated heterocycles. The molecule has 5 aromatic rings. The fourth-order valence-electron chi connectivity index (χ4n) is 3.00. The van der Waals surface area contributed by atoms with Gasteiger partial charge in [-0.2, -0.15) is 0 Å². The summed E-state index contributed by atoms with van der Waals surface area (Å²) in [6.45, 7) is 0. The number of hydrogen-bond acceptors (Lipinski definition) is 5. The molecule has 0 aliphatic rings. The summed E-state index contributed by atoms with van der Waals surface area (Å²) in [5.41, 5.74) is 4.74. The molecule has 0 atom stereocenters. The van der Waals surface area contributed by atoms with E-state index < -0.39 is 0 Å². The second-order valence-corrected chi connectivity index (χ2v) is 6.16. The number of nitrogens with one attached hydrogen (secondary N) is 3. The molecule has 0 aliphatic carbocycles. The van der Waals surface area contributed by atoms with E-state index in [0.717, 1.165) is 38.9 Å². The predicted molar refractivity (Wildman–Crippen MR) is 105 cm³/mol. The molecular formula is C20H16N6O. The molecule has 0 bridgehead atoms. The molecule has 5 rings (SSSR count). The summed E-state index contributed by atoms with van der Waals surface area (Å²) in [4.78, 5) is 13.6. The maximum absolute atomic E-state index is 5.37. The SMILES string of the molecule is COc1ccc2nc(-c3cccnc3)nc(Nc3ccc4[nH][nH]c4c3)c2c1. The molecule has 3 heterocycles. The molecule has 132 valence electrons. The Morgan fingerprint density at radius 3 is 2.63 bits per heavy atom. The van der Waals surface area contributed by atoms with Gasteiger partial charge in [-0.3, -0.25) is 15.2 Å². The number of ether oxygens (including phenoxy) is 1. The zero-order valence-electron chi connectivity index (χ0n) is 14.5. The van der Waals surface area contributed by atoms with Crippen LogP contribution in [0.15, 0.2) is 60.9 Å². The fraction of sp³-hybridized carbons (Fsp3) is 0.0500. The van der Waals surface area contributed by atoms with Crippen LogP contribution in [0, 0.1) is 0 Å². The Morgan fingerprint density at radius 2 is 1.89 bits per heavy atom. The van der Waals surface area contributed by atoms with Gasteiger partial charge >= 0.3 is 0 Å². The number of hydrogen-bond donors (Lipinski definition) is 3. The zero-order valence-corrected chi connectivity index (χ0v) is 14.5. The van der Waals surface area contributed by atoms with Gasteiger partial charge in [0, 0.05) is 29.0 Å². The number of benzene rings is 2. The van der Waals surface area contributed by atoms with Crippen molar-refractivity contribution < 1.29 is 4.74 Å². The summed E-state index contributed by atoms with van der Waals surface area (Å²) < 4.78 is 5.37. The summed E-state index contributed by atoms with van der Waals surface area (Å²) in [7, 11) is 1.65. The van der Waals surface area contributed by atoms with Gasteiger partial charge in [0.15, 0.2) is 5.82 Å². The van der Waals surface area contributed by atoms with Crippen molar-refractivity contribution in [1.29, 1.82) is 0 Å². The predicted octanol–water partition coefficient (Wildman–Crippen LogP) is 4.25. The number of pyridine rings is 1. The van der Waals surface area contributed by atoms with Gasteiger partial charge in [-0.1, -0.05) is 0 Å². The van der Waals surface area contributed by atoms with E-state index in [1.165, 1.54) is 0 Å².